The Morgan fingerprint density at radius 1 is 0.892 bits per heavy atom. The lowest BCUT2D eigenvalue weighted by Gasteiger charge is -2.25. The Morgan fingerprint density at radius 2 is 1.76 bits per heavy atom. The number of ether oxygens (including phenoxy) is 2. The summed E-state index contributed by atoms with van der Waals surface area (Å²) in [7, 11) is 0. The summed E-state index contributed by atoms with van der Waals surface area (Å²) in [5.41, 5.74) is 6.77. The summed E-state index contributed by atoms with van der Waals surface area (Å²) in [6.45, 7) is 0.368. The number of rotatable bonds is 8. The smallest absolute Gasteiger partial charge is 0.163 e. The summed E-state index contributed by atoms with van der Waals surface area (Å²) in [4.78, 5) is 20.4. The molecule has 0 aliphatic heterocycles. The van der Waals surface area contributed by atoms with Crippen LogP contribution in [0, 0.1) is 0 Å². The van der Waals surface area contributed by atoms with Gasteiger partial charge < -0.3 is 14.5 Å². The van der Waals surface area contributed by atoms with Gasteiger partial charge in [-0.1, -0.05) is 36.4 Å². The van der Waals surface area contributed by atoms with Gasteiger partial charge in [0.1, 0.15) is 30.0 Å². The Balaban J connectivity index is 1.33. The predicted octanol–water partition coefficient (Wildman–Crippen LogP) is 6.75. The van der Waals surface area contributed by atoms with E-state index < -0.39 is 0 Å². The Labute approximate surface area is 217 Å². The first kappa shape index (κ1) is 23.5. The molecular weight excluding hydrogens is 460 g/mol. The van der Waals surface area contributed by atoms with Crippen LogP contribution in [0.1, 0.15) is 75.8 Å². The number of fused-ring (bicyclic) bond motifs is 2. The van der Waals surface area contributed by atoms with Gasteiger partial charge in [-0.3, -0.25) is 4.79 Å². The molecule has 0 saturated carbocycles. The number of imidazole rings is 1. The third-order valence-electron chi connectivity index (χ3n) is 7.60. The first-order valence-electron chi connectivity index (χ1n) is 13.4. The van der Waals surface area contributed by atoms with Crippen LogP contribution in [-0.2, 0) is 32.3 Å². The number of H-pyrrole nitrogens is 1. The number of nitrogens with one attached hydrogen (secondary N) is 1. The fraction of sp³-hybridized carbons (Fsp3) is 0.312. The van der Waals surface area contributed by atoms with E-state index in [0.29, 0.717) is 19.4 Å². The second-order valence-electron chi connectivity index (χ2n) is 10.0. The minimum Gasteiger partial charge on any atom is -0.489 e. The van der Waals surface area contributed by atoms with Crippen LogP contribution in [0.2, 0.25) is 0 Å². The fourth-order valence-electron chi connectivity index (χ4n) is 5.64. The largest absolute Gasteiger partial charge is 0.489 e. The minimum absolute atomic E-state index is 0.207. The zero-order valence-corrected chi connectivity index (χ0v) is 21.0. The fourth-order valence-corrected chi connectivity index (χ4v) is 5.64. The van der Waals surface area contributed by atoms with E-state index >= 15 is 0 Å². The van der Waals surface area contributed by atoms with Crippen LogP contribution < -0.4 is 9.47 Å². The number of carbonyl (C=O) groups is 1. The zero-order chi connectivity index (χ0) is 25.0. The third-order valence-corrected chi connectivity index (χ3v) is 7.60. The molecule has 0 bridgehead atoms. The molecular formula is C32H32N2O3. The first-order chi connectivity index (χ1) is 18.2. The average molecular weight is 493 g/mol. The third kappa shape index (κ3) is 5.17. The van der Waals surface area contributed by atoms with Crippen molar-refractivity contribution in [2.45, 2.75) is 64.1 Å². The highest BCUT2D eigenvalue weighted by Crippen LogP contribution is 2.36. The van der Waals surface area contributed by atoms with Crippen molar-refractivity contribution >= 4 is 5.78 Å². The van der Waals surface area contributed by atoms with Crippen molar-refractivity contribution < 1.29 is 14.3 Å². The van der Waals surface area contributed by atoms with Gasteiger partial charge in [-0.05, 0) is 85.0 Å². The van der Waals surface area contributed by atoms with Gasteiger partial charge in [0.2, 0.25) is 0 Å². The van der Waals surface area contributed by atoms with Crippen molar-refractivity contribution in [3.8, 4) is 11.5 Å². The van der Waals surface area contributed by atoms with Gasteiger partial charge in [0.25, 0.3) is 0 Å². The lowest BCUT2D eigenvalue weighted by atomic mass is 9.87. The number of ketones is 1. The molecule has 5 heteroatoms. The molecule has 0 saturated heterocycles. The molecule has 4 aromatic rings. The van der Waals surface area contributed by atoms with Gasteiger partial charge in [-0.2, -0.15) is 0 Å². The zero-order valence-electron chi connectivity index (χ0n) is 21.0. The molecule has 3 aromatic carbocycles. The second kappa shape index (κ2) is 10.6. The van der Waals surface area contributed by atoms with Gasteiger partial charge in [0.05, 0.1) is 0 Å². The molecule has 0 radical (unpaired) electrons. The molecule has 1 atom stereocenters. The number of aryl methyl sites for hydroxylation is 2. The van der Waals surface area contributed by atoms with Crippen molar-refractivity contribution in [2.24, 2.45) is 0 Å². The second-order valence-corrected chi connectivity index (χ2v) is 10.0. The highest BCUT2D eigenvalue weighted by Gasteiger charge is 2.25. The van der Waals surface area contributed by atoms with Crippen molar-refractivity contribution in [3.63, 3.8) is 0 Å². The number of nitrogens with zero attached hydrogens (tertiary/aromatic N) is 1. The standard InChI is InChI=1S/C32H32N2O3/c35-29-12-6-11-26-27(29)15-16-30(28(26)21-36-25-14-13-22-7-4-5-10-24(22)19-25)37-31(20-32-33-17-18-34-32)23-8-2-1-3-9-23/h1-3,8-9,13-19,31H,4-7,10-12,20-21H2,(H,33,34)/t31-/m0/s1. The summed E-state index contributed by atoms with van der Waals surface area (Å²) >= 11 is 0. The molecule has 1 N–H and O–H groups in total. The van der Waals surface area contributed by atoms with E-state index in [2.05, 4.69) is 40.3 Å². The highest BCUT2D eigenvalue weighted by molar-refractivity contribution is 5.99. The molecule has 1 aromatic heterocycles. The maximum atomic E-state index is 12.7. The van der Waals surface area contributed by atoms with E-state index in [9.17, 15) is 4.79 Å². The summed E-state index contributed by atoms with van der Waals surface area (Å²) < 4.78 is 13.1. The highest BCUT2D eigenvalue weighted by atomic mass is 16.5. The monoisotopic (exact) mass is 492 g/mol. The van der Waals surface area contributed by atoms with Crippen molar-refractivity contribution in [1.29, 1.82) is 0 Å². The normalized spacial score (nSPS) is 15.5. The van der Waals surface area contributed by atoms with Crippen molar-refractivity contribution in [2.75, 3.05) is 0 Å². The van der Waals surface area contributed by atoms with E-state index in [0.717, 1.165) is 65.3 Å². The first-order valence-corrected chi connectivity index (χ1v) is 13.4. The number of hydrogen-bond acceptors (Lipinski definition) is 4. The number of Topliss-reactive ketones (excluding diaryl/α,β-unsaturated/α-hetero) is 1. The molecule has 2 aliphatic rings. The van der Waals surface area contributed by atoms with Gasteiger partial charge in [-0.15, -0.1) is 0 Å². The van der Waals surface area contributed by atoms with E-state index in [1.54, 1.807) is 6.20 Å². The van der Waals surface area contributed by atoms with E-state index in [-0.39, 0.29) is 11.9 Å². The Hall–Kier alpha value is -3.86. The number of carbonyl (C=O) groups excluding carboxylic acids is 1. The van der Waals surface area contributed by atoms with Crippen LogP contribution >= 0.6 is 0 Å². The minimum atomic E-state index is -0.229. The molecule has 0 fully saturated rings. The Morgan fingerprint density at radius 3 is 2.59 bits per heavy atom. The van der Waals surface area contributed by atoms with Crippen LogP contribution in [0.3, 0.4) is 0 Å². The lowest BCUT2D eigenvalue weighted by Crippen LogP contribution is -2.18. The predicted molar refractivity (Wildman–Crippen MR) is 143 cm³/mol. The molecule has 1 heterocycles. The summed E-state index contributed by atoms with van der Waals surface area (Å²) in [6, 6.07) is 20.6. The van der Waals surface area contributed by atoms with Crippen molar-refractivity contribution in [3.05, 3.63) is 112 Å². The SMILES string of the molecule is O=C1CCCc2c1ccc(O[C@@H](Cc1ncc[nH]1)c1ccccc1)c2COc1ccc2c(c1)CCCC2. The molecule has 2 aliphatic carbocycles. The van der Waals surface area contributed by atoms with Gasteiger partial charge in [0.15, 0.2) is 5.78 Å². The maximum Gasteiger partial charge on any atom is 0.163 e. The van der Waals surface area contributed by atoms with E-state index in [1.807, 2.05) is 36.5 Å². The van der Waals surface area contributed by atoms with Crippen LogP contribution in [0.25, 0.3) is 0 Å². The quantitative estimate of drug-likeness (QED) is 0.296. The molecule has 37 heavy (non-hydrogen) atoms. The molecule has 0 amide bonds. The Bertz CT molecular complexity index is 1380. The maximum absolute atomic E-state index is 12.7. The van der Waals surface area contributed by atoms with Gasteiger partial charge in [-0.25, -0.2) is 4.98 Å². The number of benzene rings is 3. The summed E-state index contributed by atoms with van der Waals surface area (Å²) in [6.07, 6.45) is 11.1. The van der Waals surface area contributed by atoms with E-state index in [1.165, 1.54) is 24.0 Å². The number of aromatic nitrogens is 2. The number of hydrogen-bond donors (Lipinski definition) is 1. The molecule has 0 spiro atoms. The van der Waals surface area contributed by atoms with Gasteiger partial charge >= 0.3 is 0 Å². The average Bonchev–Trinajstić information content (AvgIpc) is 3.46. The Kier molecular flexibility index (Phi) is 6.76. The molecule has 6 rings (SSSR count). The van der Waals surface area contributed by atoms with Crippen LogP contribution in [0.5, 0.6) is 11.5 Å². The van der Waals surface area contributed by atoms with Crippen molar-refractivity contribution in [1.82, 2.24) is 9.97 Å². The molecule has 5 nitrogen and oxygen atoms in total. The van der Waals surface area contributed by atoms with Gasteiger partial charge in [0, 0.05) is 36.4 Å². The van der Waals surface area contributed by atoms with E-state index in [4.69, 9.17) is 9.47 Å². The summed E-state index contributed by atoms with van der Waals surface area (Å²) in [5, 5.41) is 0. The molecule has 188 valence electrons. The lowest BCUT2D eigenvalue weighted by molar-refractivity contribution is 0.0971. The molecule has 0 unspecified atom stereocenters. The van der Waals surface area contributed by atoms with Crippen LogP contribution in [-0.4, -0.2) is 15.8 Å². The number of aromatic amines is 1. The van der Waals surface area contributed by atoms with Crippen LogP contribution in [0.15, 0.2) is 73.1 Å². The topological polar surface area (TPSA) is 64.2 Å². The summed E-state index contributed by atoms with van der Waals surface area (Å²) in [5.74, 6) is 2.72. The van der Waals surface area contributed by atoms with Crippen LogP contribution in [0.4, 0.5) is 0 Å².